The smallest absolute Gasteiger partial charge is 0.266 e. The zero-order valence-corrected chi connectivity index (χ0v) is 21.6. The molecule has 0 bridgehead atoms. The predicted octanol–water partition coefficient (Wildman–Crippen LogP) is 7.59. The van der Waals surface area contributed by atoms with Gasteiger partial charge in [-0.1, -0.05) is 57.3 Å². The van der Waals surface area contributed by atoms with Crippen molar-refractivity contribution >= 4 is 56.8 Å². The number of amides is 1. The van der Waals surface area contributed by atoms with Crippen molar-refractivity contribution in [1.29, 1.82) is 5.26 Å². The van der Waals surface area contributed by atoms with Gasteiger partial charge in [0, 0.05) is 15.2 Å². The fourth-order valence-electron chi connectivity index (χ4n) is 3.04. The number of hydrogen-bond donors (Lipinski definition) is 1. The molecule has 3 rings (SSSR count). The molecule has 3 aromatic carbocycles. The van der Waals surface area contributed by atoms with Gasteiger partial charge in [0.15, 0.2) is 11.5 Å². The molecule has 0 unspecified atom stereocenters. The van der Waals surface area contributed by atoms with E-state index < -0.39 is 5.91 Å². The number of nitrogens with zero attached hydrogens (tertiary/aromatic N) is 1. The van der Waals surface area contributed by atoms with Crippen LogP contribution in [-0.2, 0) is 11.4 Å². The molecule has 1 amide bonds. The Morgan fingerprint density at radius 2 is 1.85 bits per heavy atom. The van der Waals surface area contributed by atoms with Gasteiger partial charge in [-0.3, -0.25) is 4.79 Å². The Morgan fingerprint density at radius 1 is 1.12 bits per heavy atom. The molecular weight excluding hydrogens is 539 g/mol. The molecule has 3 aromatic rings. The molecule has 0 atom stereocenters. The van der Waals surface area contributed by atoms with Crippen molar-refractivity contribution in [2.45, 2.75) is 20.5 Å². The minimum atomic E-state index is -0.558. The lowest BCUT2D eigenvalue weighted by Gasteiger charge is -2.15. The van der Waals surface area contributed by atoms with E-state index in [1.165, 1.54) is 6.08 Å². The highest BCUT2D eigenvalue weighted by atomic mass is 79.9. The number of hydrogen-bond acceptors (Lipinski definition) is 4. The van der Waals surface area contributed by atoms with Crippen molar-refractivity contribution in [2.75, 3.05) is 11.9 Å². The van der Waals surface area contributed by atoms with E-state index in [0.717, 1.165) is 15.6 Å². The van der Waals surface area contributed by atoms with Crippen LogP contribution in [0.5, 0.6) is 11.5 Å². The van der Waals surface area contributed by atoms with Gasteiger partial charge in [0.05, 0.1) is 11.6 Å². The number of nitriles is 1. The molecule has 1 N–H and O–H groups in total. The van der Waals surface area contributed by atoms with Crippen LogP contribution < -0.4 is 14.8 Å². The van der Waals surface area contributed by atoms with Crippen LogP contribution in [-0.4, -0.2) is 12.5 Å². The largest absolute Gasteiger partial charge is 0.490 e. The average molecular weight is 560 g/mol. The van der Waals surface area contributed by atoms with Crippen LogP contribution in [0.15, 0.2) is 64.6 Å². The highest BCUT2D eigenvalue weighted by Crippen LogP contribution is 2.38. The van der Waals surface area contributed by atoms with Gasteiger partial charge in [0.25, 0.3) is 5.91 Å². The van der Waals surface area contributed by atoms with Gasteiger partial charge in [-0.05, 0) is 73.0 Å². The van der Waals surface area contributed by atoms with Crippen molar-refractivity contribution in [1.82, 2.24) is 0 Å². The quantitative estimate of drug-likeness (QED) is 0.228. The topological polar surface area (TPSA) is 71.3 Å². The fourth-order valence-corrected chi connectivity index (χ4v) is 3.75. The lowest BCUT2D eigenvalue weighted by Crippen LogP contribution is -2.14. The summed E-state index contributed by atoms with van der Waals surface area (Å²) in [7, 11) is 0. The third-order valence-electron chi connectivity index (χ3n) is 4.75. The number of aryl methyl sites for hydroxylation is 1. The summed E-state index contributed by atoms with van der Waals surface area (Å²) in [6, 6.07) is 18.1. The Kier molecular flexibility index (Phi) is 9.00. The zero-order valence-electron chi connectivity index (χ0n) is 18.5. The summed E-state index contributed by atoms with van der Waals surface area (Å²) in [5.74, 6) is 0.250. The molecule has 0 saturated carbocycles. The second-order valence-corrected chi connectivity index (χ2v) is 9.02. The van der Waals surface area contributed by atoms with Crippen LogP contribution in [0.1, 0.15) is 23.6 Å². The van der Waals surface area contributed by atoms with Gasteiger partial charge in [-0.25, -0.2) is 0 Å². The van der Waals surface area contributed by atoms with Crippen molar-refractivity contribution in [3.63, 3.8) is 0 Å². The van der Waals surface area contributed by atoms with Crippen LogP contribution in [0.4, 0.5) is 5.69 Å². The summed E-state index contributed by atoms with van der Waals surface area (Å²) >= 11 is 15.9. The molecule has 0 aliphatic rings. The van der Waals surface area contributed by atoms with Gasteiger partial charge in [-0.15, -0.1) is 0 Å². The van der Waals surface area contributed by atoms with Crippen molar-refractivity contribution in [2.24, 2.45) is 0 Å². The lowest BCUT2D eigenvalue weighted by molar-refractivity contribution is -0.112. The number of rotatable bonds is 8. The Balaban J connectivity index is 1.85. The first-order valence-corrected chi connectivity index (χ1v) is 11.9. The van der Waals surface area contributed by atoms with E-state index in [2.05, 4.69) is 21.2 Å². The Morgan fingerprint density at radius 3 is 2.53 bits per heavy atom. The highest BCUT2D eigenvalue weighted by molar-refractivity contribution is 9.10. The third kappa shape index (κ3) is 6.77. The van der Waals surface area contributed by atoms with E-state index in [0.29, 0.717) is 46.0 Å². The van der Waals surface area contributed by atoms with Crippen LogP contribution in [0, 0.1) is 18.3 Å². The molecule has 0 fully saturated rings. The number of ether oxygens (including phenoxy) is 2. The van der Waals surface area contributed by atoms with E-state index >= 15 is 0 Å². The van der Waals surface area contributed by atoms with Gasteiger partial charge in [0.1, 0.15) is 18.2 Å². The first kappa shape index (κ1) is 25.6. The van der Waals surface area contributed by atoms with Gasteiger partial charge in [-0.2, -0.15) is 5.26 Å². The fraction of sp³-hybridized carbons (Fsp3) is 0.154. The van der Waals surface area contributed by atoms with E-state index in [1.807, 2.05) is 44.2 Å². The molecule has 0 heterocycles. The maximum atomic E-state index is 12.7. The second kappa shape index (κ2) is 11.9. The summed E-state index contributed by atoms with van der Waals surface area (Å²) < 4.78 is 12.6. The number of halogens is 3. The maximum absolute atomic E-state index is 12.7. The van der Waals surface area contributed by atoms with Gasteiger partial charge >= 0.3 is 0 Å². The first-order chi connectivity index (χ1) is 16.3. The molecule has 0 aliphatic carbocycles. The molecular formula is C26H21BrCl2N2O3. The van der Waals surface area contributed by atoms with E-state index in [9.17, 15) is 10.1 Å². The minimum absolute atomic E-state index is 0.0959. The molecule has 174 valence electrons. The van der Waals surface area contributed by atoms with Crippen molar-refractivity contribution in [3.8, 4) is 17.6 Å². The van der Waals surface area contributed by atoms with Crippen LogP contribution in [0.25, 0.3) is 6.08 Å². The Labute approximate surface area is 217 Å². The summed E-state index contributed by atoms with van der Waals surface area (Å²) in [5.41, 5.74) is 2.75. The molecule has 0 saturated heterocycles. The Bertz CT molecular complexity index is 1270. The van der Waals surface area contributed by atoms with Crippen molar-refractivity contribution < 1.29 is 14.3 Å². The third-order valence-corrected chi connectivity index (χ3v) is 5.80. The normalized spacial score (nSPS) is 11.0. The van der Waals surface area contributed by atoms with E-state index in [4.69, 9.17) is 32.7 Å². The summed E-state index contributed by atoms with van der Waals surface area (Å²) in [5, 5.41) is 13.1. The van der Waals surface area contributed by atoms with Crippen molar-refractivity contribution in [3.05, 3.63) is 91.4 Å². The number of benzene rings is 3. The molecule has 0 radical (unpaired) electrons. The minimum Gasteiger partial charge on any atom is -0.490 e. The van der Waals surface area contributed by atoms with Crippen LogP contribution >= 0.6 is 39.1 Å². The van der Waals surface area contributed by atoms with Crippen LogP contribution in [0.2, 0.25) is 10.0 Å². The number of anilines is 1. The second-order valence-electron chi connectivity index (χ2n) is 7.26. The molecule has 34 heavy (non-hydrogen) atoms. The summed E-state index contributed by atoms with van der Waals surface area (Å²) in [6.07, 6.45) is 1.45. The number of nitrogens with one attached hydrogen (secondary N) is 1. The SMILES string of the molecule is CCOc1cc(/C=C(\C#N)C(=O)Nc2cc(Cl)ccc2C)cc(Cl)c1OCc1ccc(Br)cc1. The zero-order chi connectivity index (χ0) is 24.7. The van der Waals surface area contributed by atoms with Crippen LogP contribution in [0.3, 0.4) is 0 Å². The van der Waals surface area contributed by atoms with Gasteiger partial charge < -0.3 is 14.8 Å². The molecule has 0 aromatic heterocycles. The number of carbonyl (C=O) groups is 1. The Hall–Kier alpha value is -2.98. The monoisotopic (exact) mass is 558 g/mol. The molecule has 8 heteroatoms. The predicted molar refractivity (Wildman–Crippen MR) is 140 cm³/mol. The molecule has 0 aliphatic heterocycles. The lowest BCUT2D eigenvalue weighted by atomic mass is 10.1. The first-order valence-electron chi connectivity index (χ1n) is 10.3. The highest BCUT2D eigenvalue weighted by Gasteiger charge is 2.15. The summed E-state index contributed by atoms with van der Waals surface area (Å²) in [4.78, 5) is 12.7. The van der Waals surface area contributed by atoms with E-state index in [1.54, 1.807) is 30.3 Å². The molecule has 5 nitrogen and oxygen atoms in total. The summed E-state index contributed by atoms with van der Waals surface area (Å²) in [6.45, 7) is 4.37. The standard InChI is InChI=1S/C26H21BrCl2N2O3/c1-3-33-24-12-18(11-22(29)25(24)34-15-17-5-7-20(27)8-6-17)10-19(14-30)26(32)31-23-13-21(28)9-4-16(23)2/h4-13H,3,15H2,1-2H3,(H,31,32)/b19-10+. The maximum Gasteiger partial charge on any atom is 0.266 e. The van der Waals surface area contributed by atoms with E-state index in [-0.39, 0.29) is 5.57 Å². The number of carbonyl (C=O) groups excluding carboxylic acids is 1. The van der Waals surface area contributed by atoms with Gasteiger partial charge in [0.2, 0.25) is 0 Å². The molecule has 0 spiro atoms. The average Bonchev–Trinajstić information content (AvgIpc) is 2.80.